The lowest BCUT2D eigenvalue weighted by atomic mass is 9.90. The van der Waals surface area contributed by atoms with Gasteiger partial charge in [0.2, 0.25) is 0 Å². The second-order valence-corrected chi connectivity index (χ2v) is 9.81. The zero-order valence-corrected chi connectivity index (χ0v) is 21.3. The van der Waals surface area contributed by atoms with Gasteiger partial charge in [-0.25, -0.2) is 4.79 Å². The third-order valence-electron chi connectivity index (χ3n) is 6.79. The number of amides is 2. The van der Waals surface area contributed by atoms with Crippen LogP contribution in [0, 0.1) is 0 Å². The molecule has 1 aliphatic heterocycles. The van der Waals surface area contributed by atoms with Crippen LogP contribution in [-0.2, 0) is 0 Å². The van der Waals surface area contributed by atoms with Gasteiger partial charge in [-0.2, -0.15) is 0 Å². The van der Waals surface area contributed by atoms with Crippen molar-refractivity contribution in [3.05, 3.63) is 48.5 Å². The number of anilines is 2. The van der Waals surface area contributed by atoms with E-state index in [0.717, 1.165) is 63.3 Å². The average molecular weight is 521 g/mol. The summed E-state index contributed by atoms with van der Waals surface area (Å²) in [6.45, 7) is 7.86. The van der Waals surface area contributed by atoms with Crippen LogP contribution in [-0.4, -0.2) is 61.7 Å². The smallest absolute Gasteiger partial charge is 0.489 e. The number of alkyl halides is 3. The number of halogens is 3. The lowest BCUT2D eigenvalue weighted by Gasteiger charge is -2.43. The molecule has 1 saturated carbocycles. The minimum absolute atomic E-state index is 0.0201. The molecule has 2 aliphatic rings. The van der Waals surface area contributed by atoms with Gasteiger partial charge in [0.15, 0.2) is 5.75 Å². The number of hydrogen-bond donors (Lipinski definition) is 2. The van der Waals surface area contributed by atoms with Crippen LogP contribution >= 0.6 is 0 Å². The monoisotopic (exact) mass is 520 g/mol. The molecule has 2 aromatic rings. The van der Waals surface area contributed by atoms with Gasteiger partial charge in [-0.15, -0.1) is 13.2 Å². The molecule has 10 heteroatoms. The molecule has 1 aliphatic carbocycles. The van der Waals surface area contributed by atoms with Crippen LogP contribution in [0.5, 0.6) is 11.5 Å². The van der Waals surface area contributed by atoms with Gasteiger partial charge >= 0.3 is 12.4 Å². The maximum atomic E-state index is 12.6. The number of benzene rings is 2. The Kier molecular flexibility index (Phi) is 8.68. The minimum Gasteiger partial charge on any atom is -0.489 e. The molecule has 2 fully saturated rings. The van der Waals surface area contributed by atoms with Crippen molar-refractivity contribution in [2.75, 3.05) is 36.4 Å². The Morgan fingerprint density at radius 2 is 1.54 bits per heavy atom. The van der Waals surface area contributed by atoms with Gasteiger partial charge in [0.05, 0.1) is 17.5 Å². The predicted octanol–water partition coefficient (Wildman–Crippen LogP) is 5.63. The Morgan fingerprint density at radius 3 is 2.19 bits per heavy atom. The molecule has 0 unspecified atom stereocenters. The summed E-state index contributed by atoms with van der Waals surface area (Å²) in [5.74, 6) is 0.481. The van der Waals surface area contributed by atoms with Gasteiger partial charge < -0.3 is 25.0 Å². The molecule has 37 heavy (non-hydrogen) atoms. The Morgan fingerprint density at radius 1 is 0.919 bits per heavy atom. The SMILES string of the molecule is CC(C)Oc1ccccc1N1CCN(C2CCC(NC(=O)Nc3ccccc3OC(F)(F)F)CC2)CC1. The van der Waals surface area contributed by atoms with Crippen LogP contribution in [0.25, 0.3) is 0 Å². The van der Waals surface area contributed by atoms with E-state index in [1.165, 1.54) is 18.2 Å². The number of rotatable bonds is 7. The van der Waals surface area contributed by atoms with Crippen molar-refractivity contribution < 1.29 is 27.4 Å². The number of para-hydroxylation sites is 4. The highest BCUT2D eigenvalue weighted by atomic mass is 19.4. The molecule has 0 spiro atoms. The second kappa shape index (κ2) is 11.9. The summed E-state index contributed by atoms with van der Waals surface area (Å²) >= 11 is 0. The van der Waals surface area contributed by atoms with Crippen LogP contribution in [0.1, 0.15) is 39.5 Å². The molecule has 2 N–H and O–H groups in total. The largest absolute Gasteiger partial charge is 0.573 e. The van der Waals surface area contributed by atoms with Crippen LogP contribution in [0.15, 0.2) is 48.5 Å². The minimum atomic E-state index is -4.83. The van der Waals surface area contributed by atoms with Crippen molar-refractivity contribution in [1.82, 2.24) is 10.2 Å². The topological polar surface area (TPSA) is 66.1 Å². The molecular formula is C27H35F3N4O3. The van der Waals surface area contributed by atoms with Gasteiger partial charge in [0, 0.05) is 38.3 Å². The number of carbonyl (C=O) groups is 1. The van der Waals surface area contributed by atoms with Crippen LogP contribution < -0.4 is 25.0 Å². The highest BCUT2D eigenvalue weighted by Crippen LogP contribution is 2.32. The van der Waals surface area contributed by atoms with Crippen LogP contribution in [0.4, 0.5) is 29.3 Å². The van der Waals surface area contributed by atoms with Gasteiger partial charge in [-0.3, -0.25) is 4.90 Å². The zero-order chi connectivity index (χ0) is 26.4. The molecule has 0 aromatic heterocycles. The third kappa shape index (κ3) is 7.67. The summed E-state index contributed by atoms with van der Waals surface area (Å²) in [5.41, 5.74) is 1.11. The fraction of sp³-hybridized carbons (Fsp3) is 0.519. The number of urea groups is 1. The quantitative estimate of drug-likeness (QED) is 0.496. The molecule has 0 radical (unpaired) electrons. The molecule has 2 aromatic carbocycles. The highest BCUT2D eigenvalue weighted by Gasteiger charge is 2.33. The molecule has 202 valence electrons. The molecular weight excluding hydrogens is 485 g/mol. The second-order valence-electron chi connectivity index (χ2n) is 9.81. The predicted molar refractivity (Wildman–Crippen MR) is 137 cm³/mol. The van der Waals surface area contributed by atoms with Gasteiger partial charge in [-0.05, 0) is 63.8 Å². The highest BCUT2D eigenvalue weighted by molar-refractivity contribution is 5.91. The van der Waals surface area contributed by atoms with Gasteiger partial charge in [0.25, 0.3) is 0 Å². The maximum absolute atomic E-state index is 12.6. The van der Waals surface area contributed by atoms with E-state index in [0.29, 0.717) is 6.04 Å². The lowest BCUT2D eigenvalue weighted by molar-refractivity contribution is -0.274. The normalized spacial score (nSPS) is 21.0. The third-order valence-corrected chi connectivity index (χ3v) is 6.79. The van der Waals surface area contributed by atoms with Gasteiger partial charge in [0.1, 0.15) is 5.75 Å². The Balaban J connectivity index is 1.23. The van der Waals surface area contributed by atoms with E-state index in [9.17, 15) is 18.0 Å². The molecule has 2 amide bonds. The summed E-state index contributed by atoms with van der Waals surface area (Å²) < 4.78 is 47.9. The standard InChI is InChI=1S/C27H35F3N4O3/c1-19(2)36-25-10-6-4-8-23(25)34-17-15-33(16-18-34)21-13-11-20(12-14-21)31-26(35)32-22-7-3-5-9-24(22)37-27(28,29)30/h3-10,19-21H,11-18H2,1-2H3,(H2,31,32,35). The number of nitrogens with zero attached hydrogens (tertiary/aromatic N) is 2. The number of carbonyl (C=O) groups excluding carboxylic acids is 1. The fourth-order valence-corrected chi connectivity index (χ4v) is 5.11. The molecule has 0 bridgehead atoms. The summed E-state index contributed by atoms with van der Waals surface area (Å²) in [6.07, 6.45) is -1.13. The number of piperazine rings is 1. The number of nitrogens with one attached hydrogen (secondary N) is 2. The van der Waals surface area contributed by atoms with Crippen molar-refractivity contribution in [2.45, 2.75) is 64.1 Å². The van der Waals surface area contributed by atoms with Crippen molar-refractivity contribution in [2.24, 2.45) is 0 Å². The Bertz CT molecular complexity index is 1030. The van der Waals surface area contributed by atoms with E-state index < -0.39 is 18.1 Å². The van der Waals surface area contributed by atoms with Crippen LogP contribution in [0.2, 0.25) is 0 Å². The van der Waals surface area contributed by atoms with Gasteiger partial charge in [-0.1, -0.05) is 24.3 Å². The van der Waals surface area contributed by atoms with Crippen molar-refractivity contribution in [1.29, 1.82) is 0 Å². The molecule has 7 nitrogen and oxygen atoms in total. The fourth-order valence-electron chi connectivity index (χ4n) is 5.11. The number of hydrogen-bond acceptors (Lipinski definition) is 5. The van der Waals surface area contributed by atoms with Crippen LogP contribution in [0.3, 0.4) is 0 Å². The first kappa shape index (κ1) is 26.9. The van der Waals surface area contributed by atoms with E-state index >= 15 is 0 Å². The summed E-state index contributed by atoms with van der Waals surface area (Å²) in [6, 6.07) is 13.6. The molecule has 4 rings (SSSR count). The van der Waals surface area contributed by atoms with Crippen molar-refractivity contribution in [3.8, 4) is 11.5 Å². The molecule has 0 atom stereocenters. The first-order chi connectivity index (χ1) is 17.7. The Labute approximate surface area is 215 Å². The average Bonchev–Trinajstić information content (AvgIpc) is 2.85. The van der Waals surface area contributed by atoms with E-state index in [-0.39, 0.29) is 17.8 Å². The van der Waals surface area contributed by atoms with E-state index in [2.05, 4.69) is 31.2 Å². The number of ether oxygens (including phenoxy) is 2. The summed E-state index contributed by atoms with van der Waals surface area (Å²) in [7, 11) is 0. The van der Waals surface area contributed by atoms with Crippen molar-refractivity contribution in [3.63, 3.8) is 0 Å². The van der Waals surface area contributed by atoms with E-state index in [4.69, 9.17) is 4.74 Å². The van der Waals surface area contributed by atoms with Crippen molar-refractivity contribution >= 4 is 17.4 Å². The summed E-state index contributed by atoms with van der Waals surface area (Å²) in [4.78, 5) is 17.4. The molecule has 1 saturated heterocycles. The zero-order valence-electron chi connectivity index (χ0n) is 21.3. The van der Waals surface area contributed by atoms with E-state index in [1.54, 1.807) is 6.07 Å². The first-order valence-corrected chi connectivity index (χ1v) is 12.8. The Hall–Kier alpha value is -3.14. The van der Waals surface area contributed by atoms with E-state index in [1.807, 2.05) is 32.0 Å². The lowest BCUT2D eigenvalue weighted by Crippen LogP contribution is -2.52. The summed E-state index contributed by atoms with van der Waals surface area (Å²) in [5, 5.41) is 5.39. The first-order valence-electron chi connectivity index (χ1n) is 12.8. The molecule has 1 heterocycles. The maximum Gasteiger partial charge on any atom is 0.573 e.